The summed E-state index contributed by atoms with van der Waals surface area (Å²) in [6, 6.07) is 17.5. The van der Waals surface area contributed by atoms with Crippen molar-refractivity contribution in [2.45, 2.75) is 40.5 Å². The lowest BCUT2D eigenvalue weighted by atomic mass is 9.95. The van der Waals surface area contributed by atoms with Crippen molar-refractivity contribution in [1.82, 2.24) is 0 Å². The highest BCUT2D eigenvalue weighted by molar-refractivity contribution is 6.09. The number of nitrogens with one attached hydrogen (secondary N) is 1. The van der Waals surface area contributed by atoms with E-state index in [4.69, 9.17) is 45.9 Å². The minimum absolute atomic E-state index is 0.00424. The lowest BCUT2D eigenvalue weighted by Crippen LogP contribution is -2.22. The average Bonchev–Trinajstić information content (AvgIpc) is 3.10. The Morgan fingerprint density at radius 1 is 0.472 bits per heavy atom. The van der Waals surface area contributed by atoms with Crippen LogP contribution in [0.3, 0.4) is 0 Å². The van der Waals surface area contributed by atoms with Gasteiger partial charge >= 0.3 is 0 Å². The van der Waals surface area contributed by atoms with Crippen molar-refractivity contribution in [2.24, 2.45) is 86.7 Å². The van der Waals surface area contributed by atoms with E-state index in [2.05, 4.69) is 46.1 Å². The Labute approximate surface area is 305 Å². The second-order valence-electron chi connectivity index (χ2n) is 11.6. The Hall–Kier alpha value is -7.44. The van der Waals surface area contributed by atoms with Crippen LogP contribution in [0.15, 0.2) is 101 Å². The van der Waals surface area contributed by atoms with Gasteiger partial charge < -0.3 is 51.2 Å². The summed E-state index contributed by atoms with van der Waals surface area (Å²) in [6.07, 6.45) is 0.0328. The summed E-state index contributed by atoms with van der Waals surface area (Å²) < 4.78 is 0. The molecular weight excluding hydrogens is 678 g/mol. The summed E-state index contributed by atoms with van der Waals surface area (Å²) in [5.74, 6) is -1.40. The van der Waals surface area contributed by atoms with Crippen LogP contribution in [0.5, 0.6) is 0 Å². The largest absolute Gasteiger partial charge is 0.369 e. The molecule has 276 valence electrons. The number of nitrogens with two attached hydrogens (primary N) is 8. The summed E-state index contributed by atoms with van der Waals surface area (Å²) >= 11 is 0. The van der Waals surface area contributed by atoms with E-state index < -0.39 is 0 Å². The second kappa shape index (κ2) is 18.5. The monoisotopic (exact) mass is 721 g/mol. The van der Waals surface area contributed by atoms with Crippen LogP contribution < -0.4 is 51.2 Å². The maximum Gasteiger partial charge on any atom is 0.228 e. The number of hydrogen-bond acceptors (Lipinski definition) is 10. The van der Waals surface area contributed by atoms with Crippen LogP contribution in [0.1, 0.15) is 71.4 Å². The molecule has 19 nitrogen and oxygen atoms in total. The molecule has 0 atom stereocenters. The zero-order valence-electron chi connectivity index (χ0n) is 29.7. The Balaban J connectivity index is 1.90. The molecule has 0 saturated heterocycles. The second-order valence-corrected chi connectivity index (χ2v) is 11.6. The van der Waals surface area contributed by atoms with Crippen molar-refractivity contribution in [2.75, 3.05) is 5.32 Å². The average molecular weight is 722 g/mol. The smallest absolute Gasteiger partial charge is 0.228 e. The molecule has 0 spiro atoms. The standard InChI is InChI=1S/C34H43N17O2/c1-17(44-48-31(35)36)23-11-24(18(2)45-49-32(37)38)14-27(13-23)29(52)9-21-6-5-7-22(8-21)10-30(53)43-28-15-25(19(3)46-50-33(39)40)12-26(16-28)20(4)47-51-34(41)42/h5-8,11-16H,9-10H2,1-4H3,(H,43,53)(H4,35,36,48)(H4,37,38,49)(H4,39,40,50)(H4,41,42,51)/b44-17+,45-18+,46-19+,47-20+. The molecule has 3 aromatic rings. The van der Waals surface area contributed by atoms with Gasteiger partial charge in [0.25, 0.3) is 0 Å². The normalized spacial score (nSPS) is 12.0. The molecule has 19 heteroatoms. The number of nitrogens with zero attached hydrogens (tertiary/aromatic N) is 8. The topological polar surface area (TPSA) is 353 Å². The SMILES string of the molecule is C/C(=N\N=C(N)N)c1cc(NC(=O)Cc2cccc(CC(=O)c3cc(/C(C)=N/N=C(N)N)cc(/C(C)=N/N=C(N)N)c3)c2)cc(/C(C)=N/N=C(N)N)c1. The van der Waals surface area contributed by atoms with E-state index in [1.807, 2.05) is 0 Å². The zero-order valence-corrected chi connectivity index (χ0v) is 29.7. The van der Waals surface area contributed by atoms with Crippen LogP contribution >= 0.6 is 0 Å². The number of hydrogen-bond donors (Lipinski definition) is 9. The van der Waals surface area contributed by atoms with E-state index in [1.165, 1.54) is 0 Å². The predicted octanol–water partition coefficient (Wildman–Crippen LogP) is 0.283. The number of carbonyl (C=O) groups excluding carboxylic acids is 2. The Bertz CT molecular complexity index is 2000. The molecule has 0 bridgehead atoms. The number of benzene rings is 3. The molecule has 3 rings (SSSR count). The predicted molar refractivity (Wildman–Crippen MR) is 212 cm³/mol. The molecule has 0 aliphatic rings. The molecule has 0 fully saturated rings. The summed E-state index contributed by atoms with van der Waals surface area (Å²) in [5.41, 5.74) is 49.8. The fourth-order valence-electron chi connectivity index (χ4n) is 4.61. The fourth-order valence-corrected chi connectivity index (χ4v) is 4.61. The summed E-state index contributed by atoms with van der Waals surface area (Å²) in [4.78, 5) is 27.0. The van der Waals surface area contributed by atoms with E-state index in [9.17, 15) is 9.59 Å². The van der Waals surface area contributed by atoms with Crippen molar-refractivity contribution in [3.05, 3.63) is 99.6 Å². The first kappa shape index (κ1) is 40.0. The molecular formula is C34H43N17O2. The van der Waals surface area contributed by atoms with Crippen LogP contribution in [0.4, 0.5) is 5.69 Å². The molecule has 0 heterocycles. The first-order valence-corrected chi connectivity index (χ1v) is 15.8. The summed E-state index contributed by atoms with van der Waals surface area (Å²) in [5, 5.41) is 33.9. The number of guanidine groups is 4. The van der Waals surface area contributed by atoms with Gasteiger partial charge in [-0.3, -0.25) is 9.59 Å². The maximum atomic E-state index is 13.7. The first-order chi connectivity index (χ1) is 25.0. The molecule has 3 aromatic carbocycles. The molecule has 0 aromatic heterocycles. The van der Waals surface area contributed by atoms with E-state index in [0.29, 0.717) is 67.5 Å². The highest BCUT2D eigenvalue weighted by Gasteiger charge is 2.15. The van der Waals surface area contributed by atoms with Crippen LogP contribution in [0, 0.1) is 0 Å². The number of rotatable bonds is 14. The van der Waals surface area contributed by atoms with Gasteiger partial charge in [0, 0.05) is 28.8 Å². The molecule has 0 unspecified atom stereocenters. The Kier molecular flexibility index (Phi) is 14.0. The highest BCUT2D eigenvalue weighted by atomic mass is 16.1. The quantitative estimate of drug-likeness (QED) is 0.0474. The van der Waals surface area contributed by atoms with Crippen molar-refractivity contribution < 1.29 is 9.59 Å². The number of amides is 1. The van der Waals surface area contributed by atoms with Crippen LogP contribution in [-0.2, 0) is 17.6 Å². The van der Waals surface area contributed by atoms with E-state index >= 15 is 0 Å². The van der Waals surface area contributed by atoms with Crippen molar-refractivity contribution in [3.63, 3.8) is 0 Å². The number of ketones is 1. The van der Waals surface area contributed by atoms with Crippen LogP contribution in [0.25, 0.3) is 0 Å². The van der Waals surface area contributed by atoms with Crippen LogP contribution in [0.2, 0.25) is 0 Å². The van der Waals surface area contributed by atoms with Crippen molar-refractivity contribution in [1.29, 1.82) is 0 Å². The van der Waals surface area contributed by atoms with Gasteiger partial charge in [-0.25, -0.2) is 0 Å². The van der Waals surface area contributed by atoms with Gasteiger partial charge in [-0.1, -0.05) is 24.3 Å². The molecule has 0 radical (unpaired) electrons. The molecule has 0 saturated carbocycles. The van der Waals surface area contributed by atoms with Gasteiger partial charge in [0.2, 0.25) is 29.7 Å². The van der Waals surface area contributed by atoms with E-state index in [1.54, 1.807) is 88.4 Å². The third kappa shape index (κ3) is 13.1. The van der Waals surface area contributed by atoms with E-state index in [0.717, 1.165) is 0 Å². The molecule has 0 aliphatic heterocycles. The Morgan fingerprint density at radius 2 is 0.811 bits per heavy atom. The van der Waals surface area contributed by atoms with Crippen molar-refractivity contribution in [3.8, 4) is 0 Å². The molecule has 1 amide bonds. The Morgan fingerprint density at radius 3 is 1.19 bits per heavy atom. The van der Waals surface area contributed by atoms with E-state index in [-0.39, 0.29) is 48.4 Å². The molecule has 0 aliphatic carbocycles. The minimum atomic E-state index is -0.322. The first-order valence-electron chi connectivity index (χ1n) is 15.8. The highest BCUT2D eigenvalue weighted by Crippen LogP contribution is 2.20. The maximum absolute atomic E-state index is 13.7. The number of anilines is 1. The molecule has 17 N–H and O–H groups in total. The third-order valence-corrected chi connectivity index (χ3v) is 7.13. The van der Waals surface area contributed by atoms with Gasteiger partial charge in [0.05, 0.1) is 29.3 Å². The van der Waals surface area contributed by atoms with Crippen LogP contribution in [-0.4, -0.2) is 58.4 Å². The van der Waals surface area contributed by atoms with Crippen molar-refractivity contribution >= 4 is 64.1 Å². The fraction of sp³-hybridized carbons (Fsp3) is 0.176. The molecule has 53 heavy (non-hydrogen) atoms. The summed E-state index contributed by atoms with van der Waals surface area (Å²) in [6.45, 7) is 6.78. The van der Waals surface area contributed by atoms with Gasteiger partial charge in [0.1, 0.15) is 0 Å². The van der Waals surface area contributed by atoms with Gasteiger partial charge in [-0.05, 0) is 86.3 Å². The lowest BCUT2D eigenvalue weighted by molar-refractivity contribution is -0.115. The third-order valence-electron chi connectivity index (χ3n) is 7.13. The number of carbonyl (C=O) groups is 2. The van der Waals surface area contributed by atoms with Gasteiger partial charge in [-0.15, -0.1) is 20.4 Å². The van der Waals surface area contributed by atoms with Gasteiger partial charge in [0.15, 0.2) is 5.78 Å². The zero-order chi connectivity index (χ0) is 39.2. The summed E-state index contributed by atoms with van der Waals surface area (Å²) in [7, 11) is 0. The lowest BCUT2D eigenvalue weighted by Gasteiger charge is -2.12. The number of Topliss-reactive ketones (excluding diaryl/α,β-unsaturated/α-hetero) is 1. The minimum Gasteiger partial charge on any atom is -0.369 e. The van der Waals surface area contributed by atoms with Gasteiger partial charge in [-0.2, -0.15) is 20.4 Å².